The van der Waals surface area contributed by atoms with E-state index in [0.29, 0.717) is 23.0 Å². The van der Waals surface area contributed by atoms with Crippen LogP contribution in [0, 0.1) is 24.1 Å². The number of hydrogen-bond donors (Lipinski definition) is 1. The van der Waals surface area contributed by atoms with Gasteiger partial charge in [0.2, 0.25) is 5.88 Å². The van der Waals surface area contributed by atoms with E-state index in [1.807, 2.05) is 0 Å². The van der Waals surface area contributed by atoms with Crippen molar-refractivity contribution in [3.05, 3.63) is 53.2 Å². The molecule has 0 bridgehead atoms. The fraction of sp³-hybridized carbons (Fsp3) is 0.360. The Morgan fingerprint density at radius 1 is 1.42 bits per heavy atom. The smallest absolute Gasteiger partial charge is 0.410 e. The largest absolute Gasteiger partial charge is 0.463 e. The van der Waals surface area contributed by atoms with Gasteiger partial charge in [-0.1, -0.05) is 23.7 Å². The SMILES string of the molecule is C#CCOc1cnc(/C(F)=C/c2ccc(F)c([C@]34CN(C(=O)OC(C)C)C[C@@H]3CSC(N)=N4)c2)cn1. The average molecular weight is 514 g/mol. The summed E-state index contributed by atoms with van der Waals surface area (Å²) in [5, 5.41) is 0.305. The summed E-state index contributed by atoms with van der Waals surface area (Å²) in [7, 11) is 0. The van der Waals surface area contributed by atoms with E-state index in [0.717, 1.165) is 0 Å². The number of aromatic nitrogens is 2. The Hall–Kier alpha value is -3.65. The van der Waals surface area contributed by atoms with E-state index >= 15 is 4.39 Å². The highest BCUT2D eigenvalue weighted by atomic mass is 32.2. The lowest BCUT2D eigenvalue weighted by Gasteiger charge is -2.35. The van der Waals surface area contributed by atoms with Gasteiger partial charge >= 0.3 is 6.09 Å². The molecule has 2 N–H and O–H groups in total. The van der Waals surface area contributed by atoms with Crippen molar-refractivity contribution < 1.29 is 23.0 Å². The molecule has 2 aliphatic heterocycles. The molecule has 188 valence electrons. The molecule has 11 heteroatoms. The van der Waals surface area contributed by atoms with Gasteiger partial charge in [-0.05, 0) is 37.6 Å². The number of nitrogens with zero attached hydrogens (tertiary/aromatic N) is 4. The number of likely N-dealkylation sites (tertiary alicyclic amines) is 1. The van der Waals surface area contributed by atoms with E-state index in [1.54, 1.807) is 13.8 Å². The van der Waals surface area contributed by atoms with Gasteiger partial charge in [-0.3, -0.25) is 0 Å². The summed E-state index contributed by atoms with van der Waals surface area (Å²) in [6.45, 7) is 3.98. The number of amides is 1. The van der Waals surface area contributed by atoms with Crippen LogP contribution in [0.4, 0.5) is 13.6 Å². The summed E-state index contributed by atoms with van der Waals surface area (Å²) in [5.74, 6) is 1.64. The van der Waals surface area contributed by atoms with Crippen molar-refractivity contribution in [2.75, 3.05) is 25.4 Å². The van der Waals surface area contributed by atoms with Crippen molar-refractivity contribution in [3.63, 3.8) is 0 Å². The molecule has 1 fully saturated rings. The summed E-state index contributed by atoms with van der Waals surface area (Å²) in [6.07, 6.45) is 8.06. The van der Waals surface area contributed by atoms with E-state index in [-0.39, 0.29) is 42.3 Å². The van der Waals surface area contributed by atoms with Crippen LogP contribution in [-0.4, -0.2) is 57.7 Å². The molecule has 4 rings (SSSR count). The number of halogens is 2. The van der Waals surface area contributed by atoms with Crippen LogP contribution in [0.1, 0.15) is 30.7 Å². The topological polar surface area (TPSA) is 103 Å². The molecule has 0 spiro atoms. The van der Waals surface area contributed by atoms with Gasteiger partial charge in [0.05, 0.1) is 25.0 Å². The van der Waals surface area contributed by atoms with Crippen LogP contribution in [0.5, 0.6) is 5.88 Å². The second-order valence-corrected chi connectivity index (χ2v) is 9.70. The number of carbonyl (C=O) groups excluding carboxylic acids is 1. The Morgan fingerprint density at radius 2 is 2.22 bits per heavy atom. The minimum atomic E-state index is -1.11. The van der Waals surface area contributed by atoms with Crippen LogP contribution < -0.4 is 10.5 Å². The van der Waals surface area contributed by atoms with Crippen LogP contribution in [0.3, 0.4) is 0 Å². The number of aliphatic imine (C=N–C) groups is 1. The van der Waals surface area contributed by atoms with Gasteiger partial charge in [0.15, 0.2) is 17.6 Å². The quantitative estimate of drug-likeness (QED) is 0.586. The highest BCUT2D eigenvalue weighted by molar-refractivity contribution is 8.13. The molecule has 0 aliphatic carbocycles. The zero-order valence-electron chi connectivity index (χ0n) is 19.8. The maximum atomic E-state index is 15.2. The Balaban J connectivity index is 1.66. The van der Waals surface area contributed by atoms with Gasteiger partial charge in [0, 0.05) is 23.8 Å². The Morgan fingerprint density at radius 3 is 2.92 bits per heavy atom. The first-order chi connectivity index (χ1) is 17.2. The molecular formula is C25H25F2N5O3S. The predicted molar refractivity (Wildman–Crippen MR) is 134 cm³/mol. The molecule has 2 atom stereocenters. The minimum Gasteiger partial charge on any atom is -0.463 e. The lowest BCUT2D eigenvalue weighted by atomic mass is 9.81. The first kappa shape index (κ1) is 25.4. The third-order valence-electron chi connectivity index (χ3n) is 5.81. The molecule has 8 nitrogen and oxygen atoms in total. The number of benzene rings is 1. The molecule has 1 saturated heterocycles. The predicted octanol–water partition coefficient (Wildman–Crippen LogP) is 3.83. The number of thioether (sulfide) groups is 1. The molecule has 3 heterocycles. The van der Waals surface area contributed by atoms with E-state index in [4.69, 9.17) is 21.6 Å². The molecule has 2 aromatic rings. The number of ether oxygens (including phenoxy) is 2. The average Bonchev–Trinajstić information content (AvgIpc) is 3.23. The number of rotatable bonds is 6. The second-order valence-electron chi connectivity index (χ2n) is 8.66. The van der Waals surface area contributed by atoms with Crippen molar-refractivity contribution in [1.29, 1.82) is 0 Å². The van der Waals surface area contributed by atoms with Crippen molar-refractivity contribution in [3.8, 4) is 18.2 Å². The Labute approximate surface area is 212 Å². The van der Waals surface area contributed by atoms with Crippen molar-refractivity contribution in [2.45, 2.75) is 25.5 Å². The van der Waals surface area contributed by atoms with E-state index in [9.17, 15) is 9.18 Å². The Kier molecular flexibility index (Phi) is 7.45. The zero-order chi connectivity index (χ0) is 25.9. The normalized spacial score (nSPS) is 21.6. The summed E-state index contributed by atoms with van der Waals surface area (Å²) >= 11 is 1.36. The summed E-state index contributed by atoms with van der Waals surface area (Å²) in [6, 6.07) is 4.24. The molecule has 1 aromatic carbocycles. The van der Waals surface area contributed by atoms with Crippen molar-refractivity contribution >= 4 is 34.9 Å². The number of amidine groups is 1. The molecule has 36 heavy (non-hydrogen) atoms. The number of carbonyl (C=O) groups is 1. The lowest BCUT2D eigenvalue weighted by molar-refractivity contribution is 0.0816. The third kappa shape index (κ3) is 5.28. The molecule has 1 aromatic heterocycles. The van der Waals surface area contributed by atoms with Crippen LogP contribution in [0.2, 0.25) is 0 Å². The number of terminal acetylenes is 1. The maximum Gasteiger partial charge on any atom is 0.410 e. The minimum absolute atomic E-state index is 0.0194. The zero-order valence-corrected chi connectivity index (χ0v) is 20.6. The third-order valence-corrected chi connectivity index (χ3v) is 6.77. The maximum absolute atomic E-state index is 15.2. The van der Waals surface area contributed by atoms with Gasteiger partial charge in [-0.15, -0.1) is 6.42 Å². The molecule has 1 amide bonds. The van der Waals surface area contributed by atoms with Crippen LogP contribution in [0.15, 0.2) is 35.6 Å². The van der Waals surface area contributed by atoms with Crippen molar-refractivity contribution in [2.24, 2.45) is 16.6 Å². The van der Waals surface area contributed by atoms with Crippen molar-refractivity contribution in [1.82, 2.24) is 14.9 Å². The van der Waals surface area contributed by atoms with Crippen LogP contribution in [0.25, 0.3) is 11.9 Å². The van der Waals surface area contributed by atoms with E-state index in [2.05, 4.69) is 20.9 Å². The fourth-order valence-electron chi connectivity index (χ4n) is 4.23. The number of nitrogens with two attached hydrogens (primary N) is 1. The molecule has 0 radical (unpaired) electrons. The van der Waals surface area contributed by atoms with Gasteiger partial charge < -0.3 is 20.1 Å². The van der Waals surface area contributed by atoms with Crippen LogP contribution >= 0.6 is 11.8 Å². The summed E-state index contributed by atoms with van der Waals surface area (Å²) < 4.78 is 40.7. The van der Waals surface area contributed by atoms with E-state index in [1.165, 1.54) is 53.3 Å². The molecule has 2 aliphatic rings. The van der Waals surface area contributed by atoms with Gasteiger partial charge in [-0.25, -0.2) is 28.5 Å². The molecule has 0 saturated carbocycles. The summed E-state index contributed by atoms with van der Waals surface area (Å²) in [4.78, 5) is 26.8. The lowest BCUT2D eigenvalue weighted by Crippen LogP contribution is -2.41. The highest BCUT2D eigenvalue weighted by Crippen LogP contribution is 2.46. The second kappa shape index (κ2) is 10.5. The first-order valence-electron chi connectivity index (χ1n) is 11.2. The molecular weight excluding hydrogens is 488 g/mol. The number of hydrogen-bond acceptors (Lipinski definition) is 8. The summed E-state index contributed by atoms with van der Waals surface area (Å²) in [5.41, 5.74) is 5.55. The van der Waals surface area contributed by atoms with Gasteiger partial charge in [-0.2, -0.15) is 0 Å². The van der Waals surface area contributed by atoms with Gasteiger partial charge in [0.25, 0.3) is 0 Å². The van der Waals surface area contributed by atoms with Gasteiger partial charge in [0.1, 0.15) is 17.1 Å². The molecule has 0 unspecified atom stereocenters. The Bertz CT molecular complexity index is 1250. The highest BCUT2D eigenvalue weighted by Gasteiger charge is 2.53. The fourth-order valence-corrected chi connectivity index (χ4v) is 5.21. The monoisotopic (exact) mass is 513 g/mol. The van der Waals surface area contributed by atoms with Crippen LogP contribution in [-0.2, 0) is 10.3 Å². The number of fused-ring (bicyclic) bond motifs is 1. The standard InChI is InChI=1S/C25H25F2N5O3S/c1-4-7-34-22-11-29-21(10-30-22)20(27)9-16-5-6-19(26)18(8-16)25-14-32(24(33)35-15(2)3)12-17(25)13-36-23(28)31-25/h1,5-6,8-11,15,17H,7,12-14H2,2-3H3,(H2,28,31)/b20-9-/t17-,25+/m1/s1. The first-order valence-corrected chi connectivity index (χ1v) is 12.2. The van der Waals surface area contributed by atoms with E-state index < -0.39 is 23.3 Å².